The first-order valence-electron chi connectivity index (χ1n) is 6.05. The molecule has 1 heterocycles. The maximum Gasteiger partial charge on any atom is 0.308 e. The van der Waals surface area contributed by atoms with Crippen LogP contribution in [0.4, 0.5) is 5.69 Å². The third-order valence-corrected chi connectivity index (χ3v) is 3.66. The Bertz CT molecular complexity index is 519. The topological polar surface area (TPSA) is 64.3 Å². The maximum atomic E-state index is 11.1. The highest BCUT2D eigenvalue weighted by Gasteiger charge is 2.36. The van der Waals surface area contributed by atoms with Crippen molar-refractivity contribution in [2.75, 3.05) is 11.4 Å². The summed E-state index contributed by atoms with van der Waals surface area (Å²) in [5, 5.41) is 18.3. The molecular formula is C14H16N2O2. The van der Waals surface area contributed by atoms with E-state index >= 15 is 0 Å². The molecule has 2 unspecified atom stereocenters. The highest BCUT2D eigenvalue weighted by molar-refractivity contribution is 5.74. The average molecular weight is 244 g/mol. The summed E-state index contributed by atoms with van der Waals surface area (Å²) in [7, 11) is 0. The standard InChI is InChI=1S/C14H16N2O2/c1-9-3-4-11(8-15)13(7-9)16-6-5-12(10(16)2)14(17)18/h3-4,7,10,12H,5-6H2,1-2H3,(H,17,18). The van der Waals surface area contributed by atoms with E-state index in [4.69, 9.17) is 10.4 Å². The second kappa shape index (κ2) is 4.69. The molecule has 4 nitrogen and oxygen atoms in total. The van der Waals surface area contributed by atoms with Crippen LogP contribution in [0.3, 0.4) is 0 Å². The molecule has 1 aromatic carbocycles. The molecule has 0 aliphatic carbocycles. The first-order valence-corrected chi connectivity index (χ1v) is 6.05. The van der Waals surface area contributed by atoms with Crippen LogP contribution in [-0.2, 0) is 4.79 Å². The normalized spacial score (nSPS) is 22.8. The van der Waals surface area contributed by atoms with E-state index in [1.807, 2.05) is 30.9 Å². The van der Waals surface area contributed by atoms with Gasteiger partial charge in [-0.25, -0.2) is 0 Å². The number of rotatable bonds is 2. The Morgan fingerprint density at radius 2 is 2.28 bits per heavy atom. The third kappa shape index (κ3) is 2.04. The molecule has 1 aliphatic heterocycles. The van der Waals surface area contributed by atoms with Gasteiger partial charge in [-0.15, -0.1) is 0 Å². The summed E-state index contributed by atoms with van der Waals surface area (Å²) in [6.45, 7) is 4.58. The fraction of sp³-hybridized carbons (Fsp3) is 0.429. The van der Waals surface area contributed by atoms with E-state index in [-0.39, 0.29) is 12.0 Å². The molecule has 2 atom stereocenters. The van der Waals surface area contributed by atoms with E-state index in [1.54, 1.807) is 6.07 Å². The summed E-state index contributed by atoms with van der Waals surface area (Å²) in [5.41, 5.74) is 2.54. The molecule has 0 spiro atoms. The molecule has 2 rings (SSSR count). The largest absolute Gasteiger partial charge is 0.481 e. The Labute approximate surface area is 106 Å². The van der Waals surface area contributed by atoms with Crippen LogP contribution in [-0.4, -0.2) is 23.7 Å². The van der Waals surface area contributed by atoms with Crippen molar-refractivity contribution in [3.63, 3.8) is 0 Å². The zero-order chi connectivity index (χ0) is 13.3. The summed E-state index contributed by atoms with van der Waals surface area (Å²) >= 11 is 0. The number of carboxylic acids is 1. The van der Waals surface area contributed by atoms with Crippen LogP contribution in [0.1, 0.15) is 24.5 Å². The minimum absolute atomic E-state index is 0.0728. The van der Waals surface area contributed by atoms with Gasteiger partial charge in [0.2, 0.25) is 0 Å². The summed E-state index contributed by atoms with van der Waals surface area (Å²) in [6, 6.07) is 7.76. The molecule has 1 fully saturated rings. The summed E-state index contributed by atoms with van der Waals surface area (Å²) < 4.78 is 0. The van der Waals surface area contributed by atoms with Crippen molar-refractivity contribution in [3.8, 4) is 6.07 Å². The van der Waals surface area contributed by atoms with Crippen LogP contribution in [0.5, 0.6) is 0 Å². The van der Waals surface area contributed by atoms with Gasteiger partial charge < -0.3 is 10.0 Å². The number of hydrogen-bond acceptors (Lipinski definition) is 3. The number of benzene rings is 1. The first kappa shape index (κ1) is 12.4. The Kier molecular flexibility index (Phi) is 3.24. The van der Waals surface area contributed by atoms with Gasteiger partial charge in [0.15, 0.2) is 0 Å². The van der Waals surface area contributed by atoms with Crippen molar-refractivity contribution in [2.45, 2.75) is 26.3 Å². The van der Waals surface area contributed by atoms with Gasteiger partial charge in [0.1, 0.15) is 6.07 Å². The fourth-order valence-corrected chi connectivity index (χ4v) is 2.58. The zero-order valence-corrected chi connectivity index (χ0v) is 10.6. The van der Waals surface area contributed by atoms with Gasteiger partial charge >= 0.3 is 5.97 Å². The summed E-state index contributed by atoms with van der Waals surface area (Å²) in [4.78, 5) is 13.2. The molecule has 1 aliphatic rings. The van der Waals surface area contributed by atoms with Gasteiger partial charge in [0, 0.05) is 12.6 Å². The SMILES string of the molecule is Cc1ccc(C#N)c(N2CCC(C(=O)O)C2C)c1. The van der Waals surface area contributed by atoms with Gasteiger partial charge in [-0.1, -0.05) is 6.07 Å². The van der Waals surface area contributed by atoms with Crippen LogP contribution < -0.4 is 4.90 Å². The van der Waals surface area contributed by atoms with Crippen molar-refractivity contribution < 1.29 is 9.90 Å². The Hall–Kier alpha value is -2.02. The Morgan fingerprint density at radius 3 is 2.83 bits per heavy atom. The molecule has 4 heteroatoms. The van der Waals surface area contributed by atoms with Crippen LogP contribution in [0.15, 0.2) is 18.2 Å². The predicted molar refractivity (Wildman–Crippen MR) is 68.4 cm³/mol. The van der Waals surface area contributed by atoms with E-state index in [0.29, 0.717) is 18.5 Å². The molecule has 0 amide bonds. The Morgan fingerprint density at radius 1 is 1.56 bits per heavy atom. The number of carbonyl (C=O) groups is 1. The molecule has 0 radical (unpaired) electrons. The average Bonchev–Trinajstić information content (AvgIpc) is 2.71. The first-order chi connectivity index (χ1) is 8.54. The van der Waals surface area contributed by atoms with Gasteiger partial charge in [-0.05, 0) is 38.0 Å². The second-order valence-electron chi connectivity index (χ2n) is 4.80. The van der Waals surface area contributed by atoms with Crippen molar-refractivity contribution in [2.24, 2.45) is 5.92 Å². The van der Waals surface area contributed by atoms with Crippen LogP contribution in [0, 0.1) is 24.2 Å². The number of carboxylic acid groups (broad SMARTS) is 1. The fourth-order valence-electron chi connectivity index (χ4n) is 2.58. The van der Waals surface area contributed by atoms with Gasteiger partial charge in [-0.2, -0.15) is 5.26 Å². The van der Waals surface area contributed by atoms with Crippen molar-refractivity contribution >= 4 is 11.7 Å². The van der Waals surface area contributed by atoms with Gasteiger partial charge in [0.05, 0.1) is 17.2 Å². The molecule has 18 heavy (non-hydrogen) atoms. The lowest BCUT2D eigenvalue weighted by Gasteiger charge is -2.26. The van der Waals surface area contributed by atoms with Crippen LogP contribution >= 0.6 is 0 Å². The number of nitrogens with zero attached hydrogens (tertiary/aromatic N) is 2. The lowest BCUT2D eigenvalue weighted by Crippen LogP contribution is -2.33. The number of nitriles is 1. The summed E-state index contributed by atoms with van der Waals surface area (Å²) in [6.07, 6.45) is 0.634. The highest BCUT2D eigenvalue weighted by atomic mass is 16.4. The lowest BCUT2D eigenvalue weighted by molar-refractivity contribution is -0.141. The van der Waals surface area contributed by atoms with Crippen molar-refractivity contribution in [3.05, 3.63) is 29.3 Å². The molecule has 94 valence electrons. The van der Waals surface area contributed by atoms with Crippen LogP contribution in [0.25, 0.3) is 0 Å². The van der Waals surface area contributed by atoms with Gasteiger partial charge in [-0.3, -0.25) is 4.79 Å². The molecule has 0 aromatic heterocycles. The smallest absolute Gasteiger partial charge is 0.308 e. The lowest BCUT2D eigenvalue weighted by atomic mass is 10.0. The quantitative estimate of drug-likeness (QED) is 0.865. The number of hydrogen-bond donors (Lipinski definition) is 1. The molecule has 1 N–H and O–H groups in total. The van der Waals surface area contributed by atoms with E-state index in [9.17, 15) is 4.79 Å². The monoisotopic (exact) mass is 244 g/mol. The molecule has 1 aromatic rings. The Balaban J connectivity index is 2.36. The van der Waals surface area contributed by atoms with E-state index in [0.717, 1.165) is 11.3 Å². The van der Waals surface area contributed by atoms with Crippen LogP contribution in [0.2, 0.25) is 0 Å². The number of anilines is 1. The predicted octanol–water partition coefficient (Wildman–Crippen LogP) is 2.17. The second-order valence-corrected chi connectivity index (χ2v) is 4.80. The van der Waals surface area contributed by atoms with E-state index in [2.05, 4.69) is 6.07 Å². The van der Waals surface area contributed by atoms with Crippen molar-refractivity contribution in [1.82, 2.24) is 0 Å². The minimum atomic E-state index is -0.754. The minimum Gasteiger partial charge on any atom is -0.481 e. The van der Waals surface area contributed by atoms with Crippen molar-refractivity contribution in [1.29, 1.82) is 5.26 Å². The maximum absolute atomic E-state index is 11.1. The highest BCUT2D eigenvalue weighted by Crippen LogP contribution is 2.32. The number of aryl methyl sites for hydroxylation is 1. The molecule has 1 saturated heterocycles. The molecule has 0 saturated carbocycles. The van der Waals surface area contributed by atoms with E-state index < -0.39 is 5.97 Å². The molecule has 0 bridgehead atoms. The zero-order valence-electron chi connectivity index (χ0n) is 10.6. The number of aliphatic carboxylic acids is 1. The summed E-state index contributed by atoms with van der Waals surface area (Å²) in [5.74, 6) is -1.10. The van der Waals surface area contributed by atoms with Gasteiger partial charge in [0.25, 0.3) is 0 Å². The molecular weight excluding hydrogens is 228 g/mol. The van der Waals surface area contributed by atoms with E-state index in [1.165, 1.54) is 0 Å². The third-order valence-electron chi connectivity index (χ3n) is 3.66.